The maximum Gasteiger partial charge on any atom is 0.574 e. The highest BCUT2D eigenvalue weighted by atomic mass is 19.4. The number of nitriles is 1. The zero-order chi connectivity index (χ0) is 15.6. The minimum atomic E-state index is -5.36. The lowest BCUT2D eigenvalue weighted by molar-refractivity contribution is -0.278. The largest absolute Gasteiger partial charge is 0.574 e. The summed E-state index contributed by atoms with van der Waals surface area (Å²) in [5.74, 6) is -2.22. The molecule has 0 amide bonds. The minimum absolute atomic E-state index is 0.525. The van der Waals surface area contributed by atoms with E-state index in [0.717, 1.165) is 13.2 Å². The van der Waals surface area contributed by atoms with Crippen molar-refractivity contribution in [2.75, 3.05) is 7.11 Å². The molecule has 0 aromatic carbocycles. The van der Waals surface area contributed by atoms with Gasteiger partial charge in [-0.1, -0.05) is 0 Å². The van der Waals surface area contributed by atoms with E-state index < -0.39 is 41.8 Å². The number of nitrogens with zero attached hydrogens (tertiary/aromatic N) is 2. The molecule has 0 saturated heterocycles. The number of methoxy groups -OCH3 is 1. The SMILES string of the molecule is COc1cc(CC#N)c(C(F)(F)F)c(OC(F)(F)F)n1. The third-order valence-electron chi connectivity index (χ3n) is 2.02. The molecule has 0 unspecified atom stereocenters. The van der Waals surface area contributed by atoms with Gasteiger partial charge >= 0.3 is 12.5 Å². The van der Waals surface area contributed by atoms with Crippen LogP contribution in [-0.2, 0) is 12.6 Å². The van der Waals surface area contributed by atoms with E-state index in [9.17, 15) is 26.3 Å². The summed E-state index contributed by atoms with van der Waals surface area (Å²) in [6.45, 7) is 0. The summed E-state index contributed by atoms with van der Waals surface area (Å²) in [4.78, 5) is 2.99. The van der Waals surface area contributed by atoms with Crippen molar-refractivity contribution in [2.45, 2.75) is 19.0 Å². The number of hydrogen-bond acceptors (Lipinski definition) is 4. The highest BCUT2D eigenvalue weighted by molar-refractivity contribution is 5.42. The predicted octanol–water partition coefficient (Wildman–Crippen LogP) is 3.07. The third-order valence-corrected chi connectivity index (χ3v) is 2.02. The van der Waals surface area contributed by atoms with Gasteiger partial charge in [-0.15, -0.1) is 13.2 Å². The average molecular weight is 300 g/mol. The fourth-order valence-corrected chi connectivity index (χ4v) is 1.36. The van der Waals surface area contributed by atoms with E-state index in [0.29, 0.717) is 0 Å². The first-order chi connectivity index (χ1) is 9.08. The third kappa shape index (κ3) is 3.91. The molecule has 4 nitrogen and oxygen atoms in total. The zero-order valence-corrected chi connectivity index (χ0v) is 9.76. The molecule has 0 saturated carbocycles. The number of rotatable bonds is 3. The molecule has 1 rings (SSSR count). The van der Waals surface area contributed by atoms with Gasteiger partial charge in [0.05, 0.1) is 19.6 Å². The molecule has 0 N–H and O–H groups in total. The molecule has 0 atom stereocenters. The topological polar surface area (TPSA) is 55.1 Å². The molecule has 0 fully saturated rings. The van der Waals surface area contributed by atoms with Crippen LogP contribution in [-0.4, -0.2) is 18.5 Å². The van der Waals surface area contributed by atoms with Crippen molar-refractivity contribution in [3.05, 3.63) is 17.2 Å². The summed E-state index contributed by atoms with van der Waals surface area (Å²) in [6, 6.07) is 2.15. The zero-order valence-electron chi connectivity index (χ0n) is 9.76. The van der Waals surface area contributed by atoms with Gasteiger partial charge in [-0.3, -0.25) is 0 Å². The minimum Gasteiger partial charge on any atom is -0.481 e. The molecular formula is C10H6F6N2O2. The molecular weight excluding hydrogens is 294 g/mol. The molecule has 0 spiro atoms. The number of halogens is 6. The van der Waals surface area contributed by atoms with Crippen molar-refractivity contribution in [2.24, 2.45) is 0 Å². The molecule has 0 radical (unpaired) electrons. The van der Waals surface area contributed by atoms with Gasteiger partial charge in [0.2, 0.25) is 11.8 Å². The fourth-order valence-electron chi connectivity index (χ4n) is 1.36. The Hall–Kier alpha value is -2.18. The highest BCUT2D eigenvalue weighted by Crippen LogP contribution is 2.41. The maximum absolute atomic E-state index is 12.8. The molecule has 1 heterocycles. The second-order valence-corrected chi connectivity index (χ2v) is 3.38. The molecule has 0 aliphatic carbocycles. The molecule has 10 heteroatoms. The highest BCUT2D eigenvalue weighted by Gasteiger charge is 2.42. The van der Waals surface area contributed by atoms with Crippen molar-refractivity contribution in [3.63, 3.8) is 0 Å². The Balaban J connectivity index is 3.52. The lowest BCUT2D eigenvalue weighted by Gasteiger charge is -2.17. The van der Waals surface area contributed by atoms with Crippen LogP contribution in [0.25, 0.3) is 0 Å². The van der Waals surface area contributed by atoms with Crippen LogP contribution in [0.4, 0.5) is 26.3 Å². The summed E-state index contributed by atoms with van der Waals surface area (Å²) in [6.07, 6.45) is -11.3. The van der Waals surface area contributed by atoms with Crippen molar-refractivity contribution in [1.29, 1.82) is 5.26 Å². The molecule has 0 bridgehead atoms. The van der Waals surface area contributed by atoms with Crippen LogP contribution in [0.15, 0.2) is 6.07 Å². The first-order valence-corrected chi connectivity index (χ1v) is 4.86. The van der Waals surface area contributed by atoms with Crippen molar-refractivity contribution in [1.82, 2.24) is 4.98 Å². The first kappa shape index (κ1) is 15.9. The molecule has 0 aliphatic rings. The van der Waals surface area contributed by atoms with E-state index in [4.69, 9.17) is 5.26 Å². The quantitative estimate of drug-likeness (QED) is 0.805. The number of ether oxygens (including phenoxy) is 2. The van der Waals surface area contributed by atoms with Crippen LogP contribution in [0.3, 0.4) is 0 Å². The molecule has 1 aromatic heterocycles. The Morgan fingerprint density at radius 1 is 1.25 bits per heavy atom. The Labute approximate surface area is 108 Å². The Bertz CT molecular complexity index is 532. The smallest absolute Gasteiger partial charge is 0.481 e. The monoisotopic (exact) mass is 300 g/mol. The summed E-state index contributed by atoms with van der Waals surface area (Å²) in [7, 11) is 1.00. The summed E-state index contributed by atoms with van der Waals surface area (Å²) in [5.41, 5.74) is -2.47. The number of pyridine rings is 1. The van der Waals surface area contributed by atoms with Gasteiger partial charge in [0.1, 0.15) is 5.56 Å². The molecule has 20 heavy (non-hydrogen) atoms. The normalized spacial score (nSPS) is 11.9. The van der Waals surface area contributed by atoms with E-state index >= 15 is 0 Å². The summed E-state index contributed by atoms with van der Waals surface area (Å²) < 4.78 is 82.6. The number of aromatic nitrogens is 1. The predicted molar refractivity (Wildman–Crippen MR) is 51.8 cm³/mol. The van der Waals surface area contributed by atoms with Crippen LogP contribution >= 0.6 is 0 Å². The van der Waals surface area contributed by atoms with Gasteiger partial charge < -0.3 is 9.47 Å². The van der Waals surface area contributed by atoms with Gasteiger partial charge in [-0.25, -0.2) is 0 Å². The van der Waals surface area contributed by atoms with Crippen LogP contribution in [0.2, 0.25) is 0 Å². The average Bonchev–Trinajstić information content (AvgIpc) is 2.24. The molecule has 110 valence electrons. The van der Waals surface area contributed by atoms with E-state index in [2.05, 4.69) is 14.5 Å². The van der Waals surface area contributed by atoms with Crippen molar-refractivity contribution < 1.29 is 35.8 Å². The van der Waals surface area contributed by atoms with Crippen LogP contribution < -0.4 is 9.47 Å². The van der Waals surface area contributed by atoms with E-state index in [1.807, 2.05) is 0 Å². The maximum atomic E-state index is 12.8. The van der Waals surface area contributed by atoms with E-state index in [1.54, 1.807) is 0 Å². The van der Waals surface area contributed by atoms with Crippen LogP contribution in [0, 0.1) is 11.3 Å². The van der Waals surface area contributed by atoms with Crippen molar-refractivity contribution >= 4 is 0 Å². The molecule has 0 aliphatic heterocycles. The first-order valence-electron chi connectivity index (χ1n) is 4.86. The lowest BCUT2D eigenvalue weighted by Crippen LogP contribution is -2.22. The summed E-state index contributed by atoms with van der Waals surface area (Å²) in [5, 5.41) is 8.46. The van der Waals surface area contributed by atoms with Gasteiger partial charge in [0.15, 0.2) is 0 Å². The fraction of sp³-hybridized carbons (Fsp3) is 0.400. The van der Waals surface area contributed by atoms with Gasteiger partial charge in [0.25, 0.3) is 0 Å². The van der Waals surface area contributed by atoms with Crippen molar-refractivity contribution in [3.8, 4) is 17.8 Å². The number of hydrogen-bond donors (Lipinski definition) is 0. The van der Waals surface area contributed by atoms with Gasteiger partial charge in [0, 0.05) is 6.07 Å². The van der Waals surface area contributed by atoms with Crippen LogP contribution in [0.5, 0.6) is 11.8 Å². The van der Waals surface area contributed by atoms with Gasteiger partial charge in [-0.05, 0) is 5.56 Å². The Morgan fingerprint density at radius 3 is 2.25 bits per heavy atom. The summed E-state index contributed by atoms with van der Waals surface area (Å²) >= 11 is 0. The van der Waals surface area contributed by atoms with E-state index in [1.165, 1.54) is 6.07 Å². The second-order valence-electron chi connectivity index (χ2n) is 3.38. The second kappa shape index (κ2) is 5.44. The van der Waals surface area contributed by atoms with Crippen LogP contribution in [0.1, 0.15) is 11.1 Å². The number of alkyl halides is 6. The molecule has 1 aromatic rings. The Morgan fingerprint density at radius 2 is 1.85 bits per heavy atom. The Kier molecular flexibility index (Phi) is 4.32. The van der Waals surface area contributed by atoms with E-state index in [-0.39, 0.29) is 0 Å². The lowest BCUT2D eigenvalue weighted by atomic mass is 10.1. The van der Waals surface area contributed by atoms with Gasteiger partial charge in [-0.2, -0.15) is 23.4 Å². The standard InChI is InChI=1S/C10H6F6N2O2/c1-19-6-4-5(2-3-17)7(9(11,12)13)8(18-6)20-10(14,15)16/h4H,2H2,1H3.